The Labute approximate surface area is 167 Å². The minimum atomic E-state index is -0.863. The maximum atomic E-state index is 11.4. The fourth-order valence-electron chi connectivity index (χ4n) is 3.40. The van der Waals surface area contributed by atoms with Crippen molar-refractivity contribution in [1.82, 2.24) is 0 Å². The Hall–Kier alpha value is -2.97. The second-order valence-electron chi connectivity index (χ2n) is 7.33. The third kappa shape index (κ3) is 5.77. The molecular formula is C26H26O2. The van der Waals surface area contributed by atoms with Gasteiger partial charge in [-0.3, -0.25) is 4.79 Å². The molecule has 3 rings (SSSR count). The predicted octanol–water partition coefficient (Wildman–Crippen LogP) is 5.51. The van der Waals surface area contributed by atoms with Gasteiger partial charge in [0.05, 0.1) is 5.60 Å². The van der Waals surface area contributed by atoms with Crippen LogP contribution in [0.25, 0.3) is 6.08 Å². The van der Waals surface area contributed by atoms with Crippen molar-refractivity contribution >= 4 is 11.9 Å². The van der Waals surface area contributed by atoms with Gasteiger partial charge in [0.1, 0.15) is 0 Å². The maximum Gasteiger partial charge on any atom is 0.159 e. The molecule has 2 heteroatoms. The first-order valence-electron chi connectivity index (χ1n) is 9.62. The van der Waals surface area contributed by atoms with Gasteiger partial charge in [-0.2, -0.15) is 0 Å². The summed E-state index contributed by atoms with van der Waals surface area (Å²) in [5.74, 6) is 0.0654. The largest absolute Gasteiger partial charge is 0.389 e. The summed E-state index contributed by atoms with van der Waals surface area (Å²) in [5.41, 5.74) is 3.12. The molecule has 0 bridgehead atoms. The zero-order chi connectivity index (χ0) is 19.8. The highest BCUT2D eigenvalue weighted by Gasteiger charge is 2.26. The quantitative estimate of drug-likeness (QED) is 0.531. The first-order chi connectivity index (χ1) is 13.5. The number of hydrogen-bond donors (Lipinski definition) is 1. The Bertz CT molecular complexity index is 868. The van der Waals surface area contributed by atoms with Crippen molar-refractivity contribution in [2.45, 2.75) is 31.8 Å². The first kappa shape index (κ1) is 19.8. The molecule has 2 nitrogen and oxygen atoms in total. The van der Waals surface area contributed by atoms with E-state index in [-0.39, 0.29) is 5.78 Å². The smallest absolute Gasteiger partial charge is 0.159 e. The molecule has 3 aromatic rings. The molecule has 1 N–H and O–H groups in total. The molecule has 0 aromatic heterocycles. The van der Waals surface area contributed by atoms with Crippen LogP contribution in [0.5, 0.6) is 0 Å². The summed E-state index contributed by atoms with van der Waals surface area (Å²) in [6, 6.07) is 27.8. The zero-order valence-corrected chi connectivity index (χ0v) is 16.2. The van der Waals surface area contributed by atoms with Crippen molar-refractivity contribution in [3.63, 3.8) is 0 Å². The van der Waals surface area contributed by atoms with Gasteiger partial charge in [0.15, 0.2) is 5.78 Å². The second-order valence-corrected chi connectivity index (χ2v) is 7.33. The highest BCUT2D eigenvalue weighted by molar-refractivity contribution is 5.94. The lowest BCUT2D eigenvalue weighted by Crippen LogP contribution is -2.33. The third-order valence-electron chi connectivity index (χ3n) is 4.88. The van der Waals surface area contributed by atoms with E-state index in [0.717, 1.165) is 16.7 Å². The zero-order valence-electron chi connectivity index (χ0n) is 16.2. The summed E-state index contributed by atoms with van der Waals surface area (Å²) in [4.78, 5) is 11.4. The summed E-state index contributed by atoms with van der Waals surface area (Å²) in [6.07, 6.45) is 5.76. The molecule has 0 aliphatic heterocycles. The lowest BCUT2D eigenvalue weighted by atomic mass is 9.85. The van der Waals surface area contributed by atoms with Crippen molar-refractivity contribution in [1.29, 1.82) is 0 Å². The van der Waals surface area contributed by atoms with E-state index >= 15 is 0 Å². The lowest BCUT2D eigenvalue weighted by Gasteiger charge is -2.27. The van der Waals surface area contributed by atoms with E-state index in [1.807, 2.05) is 72.8 Å². The highest BCUT2D eigenvalue weighted by atomic mass is 16.3. The van der Waals surface area contributed by atoms with Crippen LogP contribution in [0.15, 0.2) is 91.0 Å². The summed E-state index contributed by atoms with van der Waals surface area (Å²) in [5, 5.41) is 11.4. The van der Waals surface area contributed by atoms with Crippen LogP contribution in [-0.4, -0.2) is 16.5 Å². The predicted molar refractivity (Wildman–Crippen MR) is 115 cm³/mol. The first-order valence-corrected chi connectivity index (χ1v) is 9.62. The molecule has 0 saturated heterocycles. The molecule has 0 amide bonds. The molecular weight excluding hydrogens is 344 g/mol. The van der Waals surface area contributed by atoms with E-state index in [2.05, 4.69) is 24.3 Å². The molecule has 28 heavy (non-hydrogen) atoms. The normalized spacial score (nSPS) is 11.6. The van der Waals surface area contributed by atoms with Crippen LogP contribution in [0.3, 0.4) is 0 Å². The topological polar surface area (TPSA) is 37.3 Å². The maximum absolute atomic E-state index is 11.4. The summed E-state index contributed by atoms with van der Waals surface area (Å²) in [7, 11) is 0. The summed E-state index contributed by atoms with van der Waals surface area (Å²) in [6.45, 7) is 1.57. The third-order valence-corrected chi connectivity index (χ3v) is 4.88. The van der Waals surface area contributed by atoms with Gasteiger partial charge in [0, 0.05) is 18.4 Å². The van der Waals surface area contributed by atoms with Gasteiger partial charge in [-0.25, -0.2) is 0 Å². The van der Waals surface area contributed by atoms with E-state index in [1.165, 1.54) is 0 Å². The van der Waals surface area contributed by atoms with Gasteiger partial charge < -0.3 is 5.11 Å². The van der Waals surface area contributed by atoms with Crippen LogP contribution >= 0.6 is 0 Å². The fourth-order valence-corrected chi connectivity index (χ4v) is 3.40. The number of ketones is 1. The fraction of sp³-hybridized carbons (Fsp3) is 0.192. The average molecular weight is 370 g/mol. The number of hydrogen-bond acceptors (Lipinski definition) is 2. The van der Waals surface area contributed by atoms with Gasteiger partial charge in [-0.1, -0.05) is 97.1 Å². The Morgan fingerprint density at radius 3 is 1.79 bits per heavy atom. The van der Waals surface area contributed by atoms with Crippen molar-refractivity contribution in [2.75, 3.05) is 0 Å². The second kappa shape index (κ2) is 9.29. The van der Waals surface area contributed by atoms with Crippen LogP contribution in [-0.2, 0) is 12.8 Å². The molecule has 0 radical (unpaired) electrons. The average Bonchev–Trinajstić information content (AvgIpc) is 2.70. The number of rotatable bonds is 8. The van der Waals surface area contributed by atoms with E-state index in [0.29, 0.717) is 24.8 Å². The van der Waals surface area contributed by atoms with Crippen molar-refractivity contribution < 1.29 is 9.90 Å². The molecule has 142 valence electrons. The number of benzene rings is 3. The van der Waals surface area contributed by atoms with Crippen molar-refractivity contribution in [2.24, 2.45) is 0 Å². The molecule has 0 heterocycles. The molecule has 0 aliphatic carbocycles. The van der Waals surface area contributed by atoms with Crippen LogP contribution in [0, 0.1) is 0 Å². The molecule has 0 saturated carbocycles. The Morgan fingerprint density at radius 1 is 0.821 bits per heavy atom. The Balaban J connectivity index is 1.75. The van der Waals surface area contributed by atoms with Crippen molar-refractivity contribution in [3.8, 4) is 0 Å². The Morgan fingerprint density at radius 2 is 1.32 bits per heavy atom. The van der Waals surface area contributed by atoms with Crippen LogP contribution < -0.4 is 0 Å². The number of carbonyl (C=O) groups is 1. The Kier molecular flexibility index (Phi) is 6.57. The minimum Gasteiger partial charge on any atom is -0.389 e. The van der Waals surface area contributed by atoms with Gasteiger partial charge in [0.25, 0.3) is 0 Å². The molecule has 0 aliphatic rings. The van der Waals surface area contributed by atoms with Gasteiger partial charge in [-0.05, 0) is 30.0 Å². The van der Waals surface area contributed by atoms with Crippen LogP contribution in [0.2, 0.25) is 0 Å². The molecule has 0 spiro atoms. The van der Waals surface area contributed by atoms with Crippen LogP contribution in [0.4, 0.5) is 0 Å². The summed E-state index contributed by atoms with van der Waals surface area (Å²) < 4.78 is 0. The molecule has 0 fully saturated rings. The SMILES string of the molecule is CC(=O)c1ccc(/C=C/CC(O)(Cc2ccccc2)Cc2ccccc2)cc1. The highest BCUT2D eigenvalue weighted by Crippen LogP contribution is 2.24. The van der Waals surface area contributed by atoms with Gasteiger partial charge >= 0.3 is 0 Å². The van der Waals surface area contributed by atoms with Gasteiger partial charge in [-0.15, -0.1) is 0 Å². The molecule has 3 aromatic carbocycles. The number of Topliss-reactive ketones (excluding diaryl/α,β-unsaturated/α-hetero) is 1. The monoisotopic (exact) mass is 370 g/mol. The van der Waals surface area contributed by atoms with Crippen molar-refractivity contribution in [3.05, 3.63) is 113 Å². The van der Waals surface area contributed by atoms with Crippen LogP contribution in [0.1, 0.15) is 40.4 Å². The lowest BCUT2D eigenvalue weighted by molar-refractivity contribution is 0.0440. The number of carbonyl (C=O) groups excluding carboxylic acids is 1. The van der Waals surface area contributed by atoms with E-state index in [4.69, 9.17) is 0 Å². The molecule has 0 unspecified atom stereocenters. The summed E-state index contributed by atoms with van der Waals surface area (Å²) >= 11 is 0. The van der Waals surface area contributed by atoms with E-state index < -0.39 is 5.60 Å². The van der Waals surface area contributed by atoms with Gasteiger partial charge in [0.2, 0.25) is 0 Å². The van der Waals surface area contributed by atoms with E-state index in [1.54, 1.807) is 6.92 Å². The minimum absolute atomic E-state index is 0.0654. The molecule has 0 atom stereocenters. The number of aliphatic hydroxyl groups is 1. The van der Waals surface area contributed by atoms with E-state index in [9.17, 15) is 9.90 Å². The standard InChI is InChI=1S/C26H26O2/c1-21(27)25-16-14-22(15-17-25)13-8-18-26(28,19-23-9-4-2-5-10-23)20-24-11-6-3-7-12-24/h2-17,28H,18-20H2,1H3/b13-8+.